The van der Waals surface area contributed by atoms with Gasteiger partial charge in [-0.25, -0.2) is 9.97 Å². The summed E-state index contributed by atoms with van der Waals surface area (Å²) in [6, 6.07) is 12.4. The van der Waals surface area contributed by atoms with E-state index in [1.54, 1.807) is 11.8 Å². The van der Waals surface area contributed by atoms with Crippen molar-refractivity contribution in [1.82, 2.24) is 29.6 Å². The van der Waals surface area contributed by atoms with Crippen LogP contribution in [0.25, 0.3) is 11.4 Å². The number of thioether (sulfide) groups is 1. The third kappa shape index (κ3) is 7.45. The van der Waals surface area contributed by atoms with E-state index in [2.05, 4.69) is 84.3 Å². The number of benzene rings is 1. The molecule has 2 aromatic heterocycles. The molecule has 37 heavy (non-hydrogen) atoms. The van der Waals surface area contributed by atoms with Crippen molar-refractivity contribution in [2.24, 2.45) is 7.05 Å². The van der Waals surface area contributed by atoms with E-state index in [1.807, 2.05) is 25.2 Å². The zero-order valence-electron chi connectivity index (χ0n) is 23.4. The Morgan fingerprint density at radius 3 is 2.16 bits per heavy atom. The number of piperazine rings is 1. The summed E-state index contributed by atoms with van der Waals surface area (Å²) < 4.78 is 2.10. The van der Waals surface area contributed by atoms with E-state index in [-0.39, 0.29) is 23.2 Å². The molecule has 9 heteroatoms. The Morgan fingerprint density at radius 2 is 1.54 bits per heavy atom. The van der Waals surface area contributed by atoms with E-state index in [9.17, 15) is 0 Å². The zero-order valence-corrected chi connectivity index (χ0v) is 25.0. The molecule has 0 saturated carbocycles. The molecular formula is C28H42ClN7S. The number of nitrogens with zero attached hydrogens (tertiary/aromatic N) is 7. The molecule has 3 heterocycles. The normalized spacial score (nSPS) is 15.1. The summed E-state index contributed by atoms with van der Waals surface area (Å²) in [7, 11) is 2.05. The molecule has 1 fully saturated rings. The second kappa shape index (κ2) is 12.1. The van der Waals surface area contributed by atoms with Crippen LogP contribution in [0, 0.1) is 0 Å². The number of hydrogen-bond donors (Lipinski definition) is 0. The minimum Gasteiger partial charge on any atom is -0.354 e. The largest absolute Gasteiger partial charge is 0.354 e. The first-order chi connectivity index (χ1) is 17.0. The van der Waals surface area contributed by atoms with Crippen molar-refractivity contribution in [3.63, 3.8) is 0 Å². The van der Waals surface area contributed by atoms with Crippen molar-refractivity contribution in [1.29, 1.82) is 0 Å². The van der Waals surface area contributed by atoms with E-state index in [0.29, 0.717) is 0 Å². The van der Waals surface area contributed by atoms with Gasteiger partial charge in [0.05, 0.1) is 5.69 Å². The molecule has 0 atom stereocenters. The van der Waals surface area contributed by atoms with Crippen molar-refractivity contribution in [2.45, 2.75) is 63.9 Å². The van der Waals surface area contributed by atoms with Gasteiger partial charge < -0.3 is 9.47 Å². The van der Waals surface area contributed by atoms with Gasteiger partial charge in [-0.05, 0) is 13.0 Å². The predicted octanol–water partition coefficient (Wildman–Crippen LogP) is 5.59. The smallest absolute Gasteiger partial charge is 0.191 e. The van der Waals surface area contributed by atoms with Crippen molar-refractivity contribution < 1.29 is 0 Å². The van der Waals surface area contributed by atoms with E-state index in [1.165, 1.54) is 0 Å². The molecule has 4 rings (SSSR count). The van der Waals surface area contributed by atoms with Gasteiger partial charge in [0, 0.05) is 61.4 Å². The first-order valence-corrected chi connectivity index (χ1v) is 14.0. The first-order valence-electron chi connectivity index (χ1n) is 13.0. The minimum atomic E-state index is -0.0694. The predicted molar refractivity (Wildman–Crippen MR) is 157 cm³/mol. The summed E-state index contributed by atoms with van der Waals surface area (Å²) in [6.07, 6.45) is 1.13. The van der Waals surface area contributed by atoms with Crippen molar-refractivity contribution in [2.75, 3.05) is 43.4 Å². The van der Waals surface area contributed by atoms with Gasteiger partial charge in [-0.2, -0.15) is 0 Å². The van der Waals surface area contributed by atoms with E-state index in [0.717, 1.165) is 78.8 Å². The summed E-state index contributed by atoms with van der Waals surface area (Å²) in [5.74, 6) is 3.97. The van der Waals surface area contributed by atoms with Gasteiger partial charge in [-0.1, -0.05) is 83.6 Å². The van der Waals surface area contributed by atoms with Crippen LogP contribution >= 0.6 is 24.2 Å². The Labute approximate surface area is 232 Å². The number of rotatable bonds is 7. The summed E-state index contributed by atoms with van der Waals surface area (Å²) in [5, 5.41) is 9.79. The van der Waals surface area contributed by atoms with Crippen molar-refractivity contribution >= 4 is 30.0 Å². The van der Waals surface area contributed by atoms with E-state index < -0.39 is 0 Å². The molecule has 0 radical (unpaired) electrons. The number of anilines is 1. The first kappa shape index (κ1) is 29.4. The Kier molecular flexibility index (Phi) is 9.64. The molecule has 1 aliphatic heterocycles. The average Bonchev–Trinajstić information content (AvgIpc) is 3.21. The maximum atomic E-state index is 4.99. The maximum Gasteiger partial charge on any atom is 0.191 e. The van der Waals surface area contributed by atoms with E-state index >= 15 is 0 Å². The summed E-state index contributed by atoms with van der Waals surface area (Å²) in [5.41, 5.74) is 2.16. The molecule has 0 bridgehead atoms. The van der Waals surface area contributed by atoms with Crippen LogP contribution in [0.5, 0.6) is 0 Å². The SMILES string of the molecule is Cl.Cn1c(SCCCN2CCN(c3cc(C(C)(C)C)nc(C(C)(C)C)n3)CC2)nnc1-c1ccccc1. The second-order valence-corrected chi connectivity index (χ2v) is 12.8. The third-order valence-corrected chi connectivity index (χ3v) is 7.67. The molecule has 7 nitrogen and oxygen atoms in total. The Morgan fingerprint density at radius 1 is 0.865 bits per heavy atom. The van der Waals surface area contributed by atoms with Gasteiger partial charge in [-0.3, -0.25) is 4.90 Å². The molecule has 3 aromatic rings. The van der Waals surface area contributed by atoms with Crippen molar-refractivity contribution in [3.05, 3.63) is 47.9 Å². The zero-order chi connectivity index (χ0) is 25.9. The quantitative estimate of drug-likeness (QED) is 0.284. The van der Waals surface area contributed by atoms with Gasteiger partial charge >= 0.3 is 0 Å². The molecule has 0 amide bonds. The maximum absolute atomic E-state index is 4.99. The van der Waals surface area contributed by atoms with Gasteiger partial charge in [0.15, 0.2) is 11.0 Å². The highest BCUT2D eigenvalue weighted by Crippen LogP contribution is 2.29. The molecular weight excluding hydrogens is 502 g/mol. The number of aromatic nitrogens is 5. The lowest BCUT2D eigenvalue weighted by atomic mass is 9.90. The third-order valence-electron chi connectivity index (χ3n) is 6.56. The van der Waals surface area contributed by atoms with Crippen LogP contribution in [0.1, 0.15) is 59.5 Å². The molecule has 1 saturated heterocycles. The molecule has 0 N–H and O–H groups in total. The second-order valence-electron chi connectivity index (χ2n) is 11.7. The van der Waals surface area contributed by atoms with Gasteiger partial charge in [0.1, 0.15) is 11.6 Å². The van der Waals surface area contributed by atoms with Crippen LogP contribution in [0.3, 0.4) is 0 Å². The van der Waals surface area contributed by atoms with Gasteiger partial charge in [0.2, 0.25) is 0 Å². The number of hydrogen-bond acceptors (Lipinski definition) is 7. The molecule has 0 aliphatic carbocycles. The lowest BCUT2D eigenvalue weighted by Crippen LogP contribution is -2.47. The Balaban J connectivity index is 0.00000380. The number of halogens is 1. The standard InChI is InChI=1S/C28H41N7S.ClH/c1-27(2,3)22-20-23(30-25(29-22)28(4,5)6)35-17-15-34(16-18-35)14-11-19-36-26-32-31-24(33(26)7)21-12-9-8-10-13-21;/h8-10,12-13,20H,11,14-19H2,1-7H3;1H. The highest BCUT2D eigenvalue weighted by molar-refractivity contribution is 7.99. The van der Waals surface area contributed by atoms with Crippen LogP contribution in [0.2, 0.25) is 0 Å². The van der Waals surface area contributed by atoms with Crippen LogP contribution in [-0.4, -0.2) is 68.1 Å². The highest BCUT2D eigenvalue weighted by atomic mass is 35.5. The van der Waals surface area contributed by atoms with Gasteiger partial charge in [-0.15, -0.1) is 22.6 Å². The van der Waals surface area contributed by atoms with Crippen LogP contribution in [0.4, 0.5) is 5.82 Å². The van der Waals surface area contributed by atoms with Crippen LogP contribution < -0.4 is 4.90 Å². The summed E-state index contributed by atoms with van der Waals surface area (Å²) in [6.45, 7) is 18.5. The topological polar surface area (TPSA) is 63.0 Å². The minimum absolute atomic E-state index is 0. The highest BCUT2D eigenvalue weighted by Gasteiger charge is 2.26. The molecule has 0 unspecified atom stereocenters. The van der Waals surface area contributed by atoms with Crippen LogP contribution in [0.15, 0.2) is 41.6 Å². The fourth-order valence-corrected chi connectivity index (χ4v) is 5.08. The van der Waals surface area contributed by atoms with Gasteiger partial charge in [0.25, 0.3) is 0 Å². The lowest BCUT2D eigenvalue weighted by Gasteiger charge is -2.36. The molecule has 1 aromatic carbocycles. The van der Waals surface area contributed by atoms with Crippen LogP contribution in [-0.2, 0) is 17.9 Å². The fourth-order valence-electron chi connectivity index (χ4n) is 4.25. The van der Waals surface area contributed by atoms with E-state index in [4.69, 9.17) is 9.97 Å². The average molecular weight is 544 g/mol. The summed E-state index contributed by atoms with van der Waals surface area (Å²) >= 11 is 1.79. The lowest BCUT2D eigenvalue weighted by molar-refractivity contribution is 0.258. The Hall–Kier alpha value is -2.16. The summed E-state index contributed by atoms with van der Waals surface area (Å²) in [4.78, 5) is 14.9. The Bertz CT molecular complexity index is 1110. The monoisotopic (exact) mass is 543 g/mol. The fraction of sp³-hybridized carbons (Fsp3) is 0.571. The molecule has 0 spiro atoms. The molecule has 202 valence electrons. The van der Waals surface area contributed by atoms with Crippen molar-refractivity contribution in [3.8, 4) is 11.4 Å². The molecule has 1 aliphatic rings.